The van der Waals surface area contributed by atoms with Crippen LogP contribution in [0.5, 0.6) is 0 Å². The molecule has 0 spiro atoms. The van der Waals surface area contributed by atoms with Gasteiger partial charge in [-0.2, -0.15) is 0 Å². The quantitative estimate of drug-likeness (QED) is 0.749. The summed E-state index contributed by atoms with van der Waals surface area (Å²) in [6.07, 6.45) is 0.482. The van der Waals surface area contributed by atoms with Crippen LogP contribution in [0.3, 0.4) is 0 Å². The highest BCUT2D eigenvalue weighted by Crippen LogP contribution is 2.10. The van der Waals surface area contributed by atoms with Gasteiger partial charge in [0.15, 0.2) is 0 Å². The second-order valence-electron chi connectivity index (χ2n) is 3.56. The van der Waals surface area contributed by atoms with Crippen molar-refractivity contribution >= 4 is 5.97 Å². The molecule has 1 aromatic heterocycles. The predicted molar refractivity (Wildman–Crippen MR) is 52.2 cm³/mol. The molecule has 0 fully saturated rings. The number of nitrogens with zero attached hydrogens (tertiary/aromatic N) is 2. The zero-order valence-electron chi connectivity index (χ0n) is 9.07. The van der Waals surface area contributed by atoms with Crippen molar-refractivity contribution in [1.29, 1.82) is 0 Å². The second kappa shape index (κ2) is 4.39. The molecule has 0 radical (unpaired) electrons. The molecule has 0 saturated carbocycles. The van der Waals surface area contributed by atoms with Crippen molar-refractivity contribution in [1.82, 2.24) is 15.5 Å². The first-order valence-corrected chi connectivity index (χ1v) is 4.75. The summed E-state index contributed by atoms with van der Waals surface area (Å²) in [7, 11) is 0. The van der Waals surface area contributed by atoms with Gasteiger partial charge in [-0.25, -0.2) is 0 Å². The van der Waals surface area contributed by atoms with E-state index in [-0.39, 0.29) is 6.54 Å². The first kappa shape index (κ1) is 11.6. The van der Waals surface area contributed by atoms with E-state index in [4.69, 9.17) is 9.52 Å². The Bertz CT molecular complexity index is 350. The van der Waals surface area contributed by atoms with Crippen molar-refractivity contribution in [2.45, 2.75) is 39.3 Å². The number of aliphatic carboxylic acids is 1. The molecule has 1 unspecified atom stereocenters. The fraction of sp³-hybridized carbons (Fsp3) is 0.667. The Morgan fingerprint density at radius 2 is 2.27 bits per heavy atom. The topological polar surface area (TPSA) is 88.3 Å². The van der Waals surface area contributed by atoms with Gasteiger partial charge >= 0.3 is 5.97 Å². The minimum atomic E-state index is -0.956. The third kappa shape index (κ3) is 2.76. The highest BCUT2D eigenvalue weighted by molar-refractivity contribution is 5.78. The van der Waals surface area contributed by atoms with Gasteiger partial charge in [-0.05, 0) is 13.3 Å². The molecular formula is C9H15N3O3. The Hall–Kier alpha value is -1.43. The van der Waals surface area contributed by atoms with Crippen LogP contribution in [0.4, 0.5) is 0 Å². The lowest BCUT2D eigenvalue weighted by molar-refractivity contribution is -0.144. The number of carboxylic acids is 1. The molecule has 6 heteroatoms. The summed E-state index contributed by atoms with van der Waals surface area (Å²) in [5.41, 5.74) is -0.956. The first-order chi connectivity index (χ1) is 6.98. The predicted octanol–water partition coefficient (Wildman–Crippen LogP) is 0.721. The van der Waals surface area contributed by atoms with Crippen LogP contribution in [-0.2, 0) is 11.3 Å². The van der Waals surface area contributed by atoms with E-state index in [1.165, 1.54) is 0 Å². The molecule has 0 aromatic carbocycles. The van der Waals surface area contributed by atoms with E-state index in [0.717, 1.165) is 0 Å². The van der Waals surface area contributed by atoms with Crippen LogP contribution in [0.1, 0.15) is 32.0 Å². The smallest absolute Gasteiger partial charge is 0.323 e. The molecule has 1 aromatic rings. The van der Waals surface area contributed by atoms with Crippen LogP contribution in [-0.4, -0.2) is 26.8 Å². The van der Waals surface area contributed by atoms with Gasteiger partial charge in [-0.15, -0.1) is 10.2 Å². The molecule has 6 nitrogen and oxygen atoms in total. The van der Waals surface area contributed by atoms with E-state index >= 15 is 0 Å². The van der Waals surface area contributed by atoms with Gasteiger partial charge in [-0.3, -0.25) is 10.1 Å². The monoisotopic (exact) mass is 213 g/mol. The molecule has 0 bridgehead atoms. The number of aromatic nitrogens is 2. The third-order valence-electron chi connectivity index (χ3n) is 2.38. The van der Waals surface area contributed by atoms with Gasteiger partial charge in [0, 0.05) is 6.92 Å². The zero-order valence-corrected chi connectivity index (χ0v) is 9.07. The standard InChI is InChI=1S/C9H15N3O3/c1-4-9(3,8(13)14)10-5-7-12-11-6(2)15-7/h10H,4-5H2,1-3H3,(H,13,14). The van der Waals surface area contributed by atoms with Crippen LogP contribution >= 0.6 is 0 Å². The number of carboxylic acid groups (broad SMARTS) is 1. The van der Waals surface area contributed by atoms with E-state index in [2.05, 4.69) is 15.5 Å². The highest BCUT2D eigenvalue weighted by Gasteiger charge is 2.30. The normalized spacial score (nSPS) is 14.9. The molecule has 1 atom stereocenters. The van der Waals surface area contributed by atoms with E-state index in [9.17, 15) is 4.79 Å². The van der Waals surface area contributed by atoms with Crippen LogP contribution in [0.25, 0.3) is 0 Å². The summed E-state index contributed by atoms with van der Waals surface area (Å²) in [4.78, 5) is 10.9. The number of nitrogens with one attached hydrogen (secondary N) is 1. The van der Waals surface area contributed by atoms with Crippen LogP contribution < -0.4 is 5.32 Å². The molecule has 0 aliphatic rings. The van der Waals surface area contributed by atoms with Crippen LogP contribution in [0, 0.1) is 6.92 Å². The SMILES string of the molecule is CCC(C)(NCc1nnc(C)o1)C(=O)O. The summed E-state index contributed by atoms with van der Waals surface area (Å²) in [5, 5.41) is 19.3. The third-order valence-corrected chi connectivity index (χ3v) is 2.38. The maximum Gasteiger partial charge on any atom is 0.323 e. The number of aryl methyl sites for hydroxylation is 1. The number of hydrogen-bond donors (Lipinski definition) is 2. The lowest BCUT2D eigenvalue weighted by Crippen LogP contribution is -2.48. The first-order valence-electron chi connectivity index (χ1n) is 4.75. The van der Waals surface area contributed by atoms with Crippen molar-refractivity contribution in [3.05, 3.63) is 11.8 Å². The van der Waals surface area contributed by atoms with Gasteiger partial charge in [-0.1, -0.05) is 6.92 Å². The Balaban J connectivity index is 2.59. The molecule has 0 aliphatic heterocycles. The summed E-state index contributed by atoms with van der Waals surface area (Å²) in [6.45, 7) is 5.38. The summed E-state index contributed by atoms with van der Waals surface area (Å²) < 4.78 is 5.13. The molecular weight excluding hydrogens is 198 g/mol. The van der Waals surface area contributed by atoms with Crippen LogP contribution in [0.15, 0.2) is 4.42 Å². The molecule has 84 valence electrons. The summed E-state index contributed by atoms with van der Waals surface area (Å²) in [5.74, 6) is -0.0185. The van der Waals surface area contributed by atoms with Crippen molar-refractivity contribution in [2.75, 3.05) is 0 Å². The molecule has 1 heterocycles. The maximum atomic E-state index is 10.9. The Kier molecular flexibility index (Phi) is 3.41. The second-order valence-corrected chi connectivity index (χ2v) is 3.56. The Morgan fingerprint density at radius 3 is 2.67 bits per heavy atom. The minimum absolute atomic E-state index is 0.261. The maximum absolute atomic E-state index is 10.9. The number of hydrogen-bond acceptors (Lipinski definition) is 5. The Labute approximate surface area is 87.7 Å². The fourth-order valence-corrected chi connectivity index (χ4v) is 1.03. The van der Waals surface area contributed by atoms with Crippen molar-refractivity contribution in [3.8, 4) is 0 Å². The highest BCUT2D eigenvalue weighted by atomic mass is 16.4. The zero-order chi connectivity index (χ0) is 11.5. The van der Waals surface area contributed by atoms with E-state index in [1.54, 1.807) is 20.8 Å². The fourth-order valence-electron chi connectivity index (χ4n) is 1.03. The largest absolute Gasteiger partial charge is 0.480 e. The van der Waals surface area contributed by atoms with E-state index in [0.29, 0.717) is 18.2 Å². The van der Waals surface area contributed by atoms with E-state index in [1.807, 2.05) is 0 Å². The van der Waals surface area contributed by atoms with Gasteiger partial charge in [0.1, 0.15) is 5.54 Å². The number of carbonyl (C=O) groups is 1. The van der Waals surface area contributed by atoms with Crippen molar-refractivity contribution in [3.63, 3.8) is 0 Å². The Morgan fingerprint density at radius 1 is 1.60 bits per heavy atom. The van der Waals surface area contributed by atoms with Crippen LogP contribution in [0.2, 0.25) is 0 Å². The van der Waals surface area contributed by atoms with Gasteiger partial charge in [0.2, 0.25) is 11.8 Å². The van der Waals surface area contributed by atoms with E-state index < -0.39 is 11.5 Å². The van der Waals surface area contributed by atoms with Gasteiger partial charge in [0.05, 0.1) is 6.54 Å². The molecule has 0 aliphatic carbocycles. The summed E-state index contributed by atoms with van der Waals surface area (Å²) in [6, 6.07) is 0. The van der Waals surface area contributed by atoms with Gasteiger partial charge < -0.3 is 9.52 Å². The van der Waals surface area contributed by atoms with Crippen molar-refractivity contribution in [2.24, 2.45) is 0 Å². The number of rotatable bonds is 5. The lowest BCUT2D eigenvalue weighted by atomic mass is 9.99. The molecule has 1 rings (SSSR count). The van der Waals surface area contributed by atoms with Gasteiger partial charge in [0.25, 0.3) is 0 Å². The average Bonchev–Trinajstić information content (AvgIpc) is 2.60. The molecule has 0 saturated heterocycles. The molecule has 0 amide bonds. The lowest BCUT2D eigenvalue weighted by Gasteiger charge is -2.23. The minimum Gasteiger partial charge on any atom is -0.480 e. The molecule has 2 N–H and O–H groups in total. The summed E-state index contributed by atoms with van der Waals surface area (Å²) >= 11 is 0. The van der Waals surface area contributed by atoms with Crippen molar-refractivity contribution < 1.29 is 14.3 Å². The average molecular weight is 213 g/mol. The molecule has 15 heavy (non-hydrogen) atoms.